The largest absolute Gasteiger partial charge is 0.668 e. The van der Waals surface area contributed by atoms with E-state index in [-0.39, 0.29) is 0 Å². The summed E-state index contributed by atoms with van der Waals surface area (Å²) in [7, 11) is 7.00. The van der Waals surface area contributed by atoms with E-state index in [0.29, 0.717) is 0 Å². The van der Waals surface area contributed by atoms with Crippen molar-refractivity contribution in [3.8, 4) is 0 Å². The van der Waals surface area contributed by atoms with Crippen molar-refractivity contribution >= 4 is 35.9 Å². The first-order chi connectivity index (χ1) is 21.4. The van der Waals surface area contributed by atoms with Gasteiger partial charge < -0.3 is 10.6 Å². The third kappa shape index (κ3) is 7.96. The molecule has 0 N–H and O–H groups in total. The summed E-state index contributed by atoms with van der Waals surface area (Å²) in [5.74, 6) is 0. The molecule has 0 atom stereocenters. The molecule has 8 rings (SSSR count). The summed E-state index contributed by atoms with van der Waals surface area (Å²) in [5, 5.41) is 12.3. The van der Waals surface area contributed by atoms with Gasteiger partial charge in [-0.25, -0.2) is 0 Å². The van der Waals surface area contributed by atoms with Gasteiger partial charge in [0.15, 0.2) is 0 Å². The van der Waals surface area contributed by atoms with Crippen molar-refractivity contribution in [2.45, 2.75) is 26.7 Å². The molecular weight excluding hydrogens is 612 g/mol. The Hall–Kier alpha value is -3.49. The molecule has 4 aromatic carbocycles. The molecule has 0 amide bonds. The summed E-state index contributed by atoms with van der Waals surface area (Å²) in [6.07, 6.45) is 21.8. The first-order valence-electron chi connectivity index (χ1n) is 14.9. The minimum Gasteiger partial charge on any atom is -0.668 e. The van der Waals surface area contributed by atoms with Crippen LogP contribution in [0.5, 0.6) is 0 Å². The van der Waals surface area contributed by atoms with Crippen molar-refractivity contribution in [2.75, 3.05) is 28.2 Å². The van der Waals surface area contributed by atoms with E-state index in [2.05, 4.69) is 134 Å². The van der Waals surface area contributed by atoms with E-state index < -0.39 is 0 Å². The average Bonchev–Trinajstić information content (AvgIpc) is 3.71. The van der Waals surface area contributed by atoms with E-state index in [1.54, 1.807) is 52.4 Å². The number of rotatable bonds is 0. The van der Waals surface area contributed by atoms with E-state index in [9.17, 15) is 0 Å². The van der Waals surface area contributed by atoms with Crippen molar-refractivity contribution in [3.63, 3.8) is 0 Å². The minimum absolute atomic E-state index is 1.03. The van der Waals surface area contributed by atoms with E-state index in [4.69, 9.17) is 0 Å². The molecule has 0 saturated carbocycles. The molecule has 2 nitrogen and oxygen atoms in total. The number of allylic oxidation sites excluding steroid dienone is 12. The molecular formula is C41H40N2Zr-2. The third-order valence-corrected chi connectivity index (χ3v) is 7.17. The Labute approximate surface area is 279 Å². The average molecular weight is 652 g/mol. The van der Waals surface area contributed by atoms with Gasteiger partial charge in [0.25, 0.3) is 0 Å². The maximum absolute atomic E-state index is 3.50. The second-order valence-corrected chi connectivity index (χ2v) is 13.4. The molecule has 220 valence electrons. The Kier molecular flexibility index (Phi) is 12.6. The van der Waals surface area contributed by atoms with E-state index in [1.165, 1.54) is 69.3 Å². The fraction of sp³-hybridized carbons (Fsp3) is 0.195. The first kappa shape index (κ1) is 33.4. The Morgan fingerprint density at radius 1 is 0.591 bits per heavy atom. The van der Waals surface area contributed by atoms with Crippen molar-refractivity contribution in [1.82, 2.24) is 0 Å². The third-order valence-electron chi connectivity index (χ3n) is 7.17. The van der Waals surface area contributed by atoms with Gasteiger partial charge in [-0.2, -0.15) is 52.5 Å². The number of hydrogen-bond acceptors (Lipinski definition) is 0. The maximum Gasteiger partial charge on any atom is -0.0263 e. The van der Waals surface area contributed by atoms with Gasteiger partial charge >= 0.3 is 41.3 Å². The zero-order chi connectivity index (χ0) is 31.5. The van der Waals surface area contributed by atoms with Gasteiger partial charge in [-0.15, -0.1) is 46.6 Å². The summed E-state index contributed by atoms with van der Waals surface area (Å²) in [5.41, 5.74) is 10.8. The molecule has 0 aromatic heterocycles. The summed E-state index contributed by atoms with van der Waals surface area (Å²) >= 11 is 1.55. The summed E-state index contributed by atoms with van der Waals surface area (Å²) in [4.78, 5) is 0. The second kappa shape index (κ2) is 16.5. The topological polar surface area (TPSA) is 28.2 Å². The Balaban J connectivity index is 0.000000155. The molecule has 0 radical (unpaired) electrons. The number of benzene rings is 4. The van der Waals surface area contributed by atoms with Crippen molar-refractivity contribution in [2.24, 2.45) is 0 Å². The van der Waals surface area contributed by atoms with Crippen LogP contribution in [0.25, 0.3) is 43.3 Å². The maximum atomic E-state index is 3.50. The molecule has 4 aliphatic carbocycles. The van der Waals surface area contributed by atoms with Crippen LogP contribution in [-0.2, 0) is 37.1 Å². The molecule has 44 heavy (non-hydrogen) atoms. The number of fused-ring (bicyclic) bond motifs is 10. The fourth-order valence-corrected chi connectivity index (χ4v) is 5.54. The van der Waals surface area contributed by atoms with Crippen LogP contribution in [-0.4, -0.2) is 31.4 Å². The SMILES string of the molecule is C[C](C)=[Zr+2].C[N-]C.C[N-]C.[C-]1=C2C(=CCc3ccc4ccccc4c32)C=C1.[C-]1=C2C(=CCc3ccc4ccccc4c32)C=C1. The minimum atomic E-state index is 1.03. The molecule has 0 saturated heterocycles. The van der Waals surface area contributed by atoms with Crippen LogP contribution in [0.3, 0.4) is 0 Å². The van der Waals surface area contributed by atoms with Gasteiger partial charge in [0.2, 0.25) is 0 Å². The zero-order valence-corrected chi connectivity index (χ0v) is 29.2. The Morgan fingerprint density at radius 2 is 0.955 bits per heavy atom. The molecule has 0 spiro atoms. The van der Waals surface area contributed by atoms with Crippen molar-refractivity contribution in [3.05, 3.63) is 165 Å². The summed E-state index contributed by atoms with van der Waals surface area (Å²) in [6, 6.07) is 26.1. The van der Waals surface area contributed by atoms with Gasteiger partial charge in [-0.1, -0.05) is 106 Å². The molecule has 4 aliphatic rings. The van der Waals surface area contributed by atoms with Gasteiger partial charge in [0.05, 0.1) is 0 Å². The molecule has 0 unspecified atom stereocenters. The standard InChI is InChI=1S/2C17H11.C3H6.2C2H6N.Zr/c2*1-2-6-15-12(4-1)8-10-14-11-9-13-5-3-7-16(13)17(14)15;3*1-3-2;/h2*1-6,8-10H,11H2;3*1-2H3;/q2*-1;;2*-1;+2. The molecule has 0 aliphatic heterocycles. The smallest absolute Gasteiger partial charge is 0.0263 e. The van der Waals surface area contributed by atoms with Crippen LogP contribution in [0.4, 0.5) is 0 Å². The number of hydrogen-bond donors (Lipinski definition) is 0. The first-order valence-corrected chi connectivity index (χ1v) is 16.2. The predicted molar refractivity (Wildman–Crippen MR) is 190 cm³/mol. The Morgan fingerprint density at radius 3 is 1.34 bits per heavy atom. The van der Waals surface area contributed by atoms with Crippen LogP contribution in [0, 0.1) is 12.2 Å². The van der Waals surface area contributed by atoms with Crippen LogP contribution in [0.1, 0.15) is 36.1 Å². The zero-order valence-electron chi connectivity index (χ0n) is 26.7. The second-order valence-electron chi connectivity index (χ2n) is 11.0. The van der Waals surface area contributed by atoms with Crippen LogP contribution >= 0.6 is 0 Å². The Bertz CT molecular complexity index is 1700. The van der Waals surface area contributed by atoms with E-state index in [1.807, 2.05) is 12.2 Å². The quantitative estimate of drug-likeness (QED) is 0.169. The van der Waals surface area contributed by atoms with E-state index >= 15 is 0 Å². The summed E-state index contributed by atoms with van der Waals surface area (Å²) in [6.45, 7) is 4.25. The number of nitrogens with zero attached hydrogens (tertiary/aromatic N) is 2. The molecule has 4 aromatic rings. The van der Waals surface area contributed by atoms with Gasteiger partial charge in [-0.05, 0) is 23.6 Å². The normalized spacial score (nSPS) is 14.2. The van der Waals surface area contributed by atoms with E-state index in [0.717, 1.165) is 12.8 Å². The monoisotopic (exact) mass is 650 g/mol. The van der Waals surface area contributed by atoms with Crippen LogP contribution in [0.2, 0.25) is 0 Å². The molecule has 0 fully saturated rings. The molecule has 3 heteroatoms. The van der Waals surface area contributed by atoms with Crippen molar-refractivity contribution < 1.29 is 24.2 Å². The van der Waals surface area contributed by atoms with Crippen LogP contribution < -0.4 is 0 Å². The van der Waals surface area contributed by atoms with Gasteiger partial charge in [-0.3, -0.25) is 0 Å². The fourth-order valence-electron chi connectivity index (χ4n) is 5.54. The van der Waals surface area contributed by atoms with Gasteiger partial charge in [0, 0.05) is 0 Å². The molecule has 0 bridgehead atoms. The summed E-state index contributed by atoms with van der Waals surface area (Å²) < 4.78 is 1.51. The predicted octanol–water partition coefficient (Wildman–Crippen LogP) is 10.1. The van der Waals surface area contributed by atoms with Crippen molar-refractivity contribution in [1.29, 1.82) is 0 Å². The van der Waals surface area contributed by atoms with Gasteiger partial charge in [0.1, 0.15) is 0 Å². The molecule has 0 heterocycles. The van der Waals surface area contributed by atoms with Crippen LogP contribution in [0.15, 0.2) is 120 Å².